The maximum atomic E-state index is 12.2. The number of nitrogens with zero attached hydrogens (tertiary/aromatic N) is 1. The minimum atomic E-state index is -0.353. The molecule has 0 radical (unpaired) electrons. The van der Waals surface area contributed by atoms with Gasteiger partial charge in [0.25, 0.3) is 0 Å². The molecule has 4 nitrogen and oxygen atoms in total. The maximum Gasteiger partial charge on any atom is 0.414 e. The average Bonchev–Trinajstić information content (AvgIpc) is 2.59. The summed E-state index contributed by atoms with van der Waals surface area (Å²) >= 11 is 0. The zero-order chi connectivity index (χ0) is 15.4. The molecule has 0 unspecified atom stereocenters. The van der Waals surface area contributed by atoms with Gasteiger partial charge in [0.15, 0.2) is 0 Å². The molecule has 0 fully saturated rings. The van der Waals surface area contributed by atoms with E-state index in [0.29, 0.717) is 6.54 Å². The predicted octanol–water partition coefficient (Wildman–Crippen LogP) is 3.82. The Morgan fingerprint density at radius 3 is 2.91 bits per heavy atom. The van der Waals surface area contributed by atoms with Crippen LogP contribution in [-0.2, 0) is 17.9 Å². The van der Waals surface area contributed by atoms with Crippen LogP contribution < -0.4 is 4.74 Å². The van der Waals surface area contributed by atoms with Gasteiger partial charge in [0, 0.05) is 6.20 Å². The van der Waals surface area contributed by atoms with Crippen molar-refractivity contribution in [2.45, 2.75) is 13.2 Å². The zero-order valence-electron chi connectivity index (χ0n) is 12.4. The predicted molar refractivity (Wildman–Crippen MR) is 84.2 cm³/mol. The van der Waals surface area contributed by atoms with E-state index < -0.39 is 0 Å². The molecule has 0 saturated heterocycles. The Labute approximate surface area is 129 Å². The van der Waals surface area contributed by atoms with Crippen molar-refractivity contribution < 1.29 is 14.3 Å². The van der Waals surface area contributed by atoms with Gasteiger partial charge in [-0.2, -0.15) is 0 Å². The monoisotopic (exact) mass is 295 g/mol. The zero-order valence-corrected chi connectivity index (χ0v) is 12.4. The fourth-order valence-electron chi connectivity index (χ4n) is 2.36. The molecule has 3 rings (SSSR count). The van der Waals surface area contributed by atoms with Gasteiger partial charge < -0.3 is 9.47 Å². The number of methoxy groups -OCH3 is 1. The van der Waals surface area contributed by atoms with Crippen molar-refractivity contribution in [1.29, 1.82) is 0 Å². The van der Waals surface area contributed by atoms with Crippen LogP contribution in [-0.4, -0.2) is 18.1 Å². The lowest BCUT2D eigenvalue weighted by Crippen LogP contribution is -2.27. The molecule has 22 heavy (non-hydrogen) atoms. The quantitative estimate of drug-likeness (QED) is 0.864. The van der Waals surface area contributed by atoms with E-state index in [4.69, 9.17) is 9.47 Å². The first kappa shape index (κ1) is 14.2. The van der Waals surface area contributed by atoms with Crippen LogP contribution in [0.4, 0.5) is 4.79 Å². The topological polar surface area (TPSA) is 38.8 Å². The van der Waals surface area contributed by atoms with E-state index in [-0.39, 0.29) is 12.7 Å². The van der Waals surface area contributed by atoms with Crippen molar-refractivity contribution in [2.75, 3.05) is 7.11 Å². The summed E-state index contributed by atoms with van der Waals surface area (Å²) in [6, 6.07) is 15.5. The summed E-state index contributed by atoms with van der Waals surface area (Å²) in [5.74, 6) is 0.750. The van der Waals surface area contributed by atoms with Crippen LogP contribution in [0.3, 0.4) is 0 Å². The number of fused-ring (bicyclic) bond motifs is 1. The van der Waals surface area contributed by atoms with Crippen LogP contribution in [0.5, 0.6) is 5.75 Å². The van der Waals surface area contributed by atoms with Gasteiger partial charge in [0.05, 0.1) is 13.7 Å². The fourth-order valence-corrected chi connectivity index (χ4v) is 2.36. The molecule has 0 N–H and O–H groups in total. The summed E-state index contributed by atoms with van der Waals surface area (Å²) in [5.41, 5.74) is 3.15. The number of benzene rings is 2. The highest BCUT2D eigenvalue weighted by Gasteiger charge is 2.17. The van der Waals surface area contributed by atoms with E-state index in [9.17, 15) is 4.79 Å². The summed E-state index contributed by atoms with van der Waals surface area (Å²) in [4.78, 5) is 13.7. The van der Waals surface area contributed by atoms with E-state index in [2.05, 4.69) is 0 Å². The molecule has 0 aromatic heterocycles. The smallest absolute Gasteiger partial charge is 0.414 e. The molecule has 2 aromatic carbocycles. The summed E-state index contributed by atoms with van der Waals surface area (Å²) in [5, 5.41) is 0. The summed E-state index contributed by atoms with van der Waals surface area (Å²) in [6.07, 6.45) is 3.33. The largest absolute Gasteiger partial charge is 0.497 e. The first-order valence-corrected chi connectivity index (χ1v) is 7.09. The van der Waals surface area contributed by atoms with Gasteiger partial charge in [0.1, 0.15) is 12.4 Å². The van der Waals surface area contributed by atoms with Crippen molar-refractivity contribution in [1.82, 2.24) is 4.90 Å². The van der Waals surface area contributed by atoms with Gasteiger partial charge in [-0.25, -0.2) is 4.79 Å². The van der Waals surface area contributed by atoms with Crippen LogP contribution in [0, 0.1) is 0 Å². The van der Waals surface area contributed by atoms with Crippen molar-refractivity contribution in [3.63, 3.8) is 0 Å². The molecule has 0 atom stereocenters. The first-order valence-electron chi connectivity index (χ1n) is 7.09. The van der Waals surface area contributed by atoms with Crippen molar-refractivity contribution in [3.8, 4) is 5.75 Å². The number of amides is 1. The van der Waals surface area contributed by atoms with Crippen LogP contribution in [0.15, 0.2) is 54.7 Å². The summed E-state index contributed by atoms with van der Waals surface area (Å²) < 4.78 is 10.5. The lowest BCUT2D eigenvalue weighted by molar-refractivity contribution is 0.108. The molecule has 112 valence electrons. The molecule has 0 bridgehead atoms. The Balaban J connectivity index is 1.61. The van der Waals surface area contributed by atoms with Crippen LogP contribution >= 0.6 is 0 Å². The highest BCUT2D eigenvalue weighted by atomic mass is 16.6. The first-order chi connectivity index (χ1) is 10.8. The van der Waals surface area contributed by atoms with E-state index >= 15 is 0 Å². The molecule has 1 amide bonds. The van der Waals surface area contributed by atoms with E-state index in [1.165, 1.54) is 0 Å². The number of hydrogen-bond donors (Lipinski definition) is 0. The SMILES string of the molecule is COc1cccc(COC(=O)N2C=Cc3ccccc3C2)c1. The second kappa shape index (κ2) is 6.35. The Morgan fingerprint density at radius 2 is 2.05 bits per heavy atom. The Hall–Kier alpha value is -2.75. The minimum absolute atomic E-state index is 0.224. The van der Waals surface area contributed by atoms with Gasteiger partial charge in [-0.05, 0) is 34.9 Å². The van der Waals surface area contributed by atoms with Gasteiger partial charge >= 0.3 is 6.09 Å². The Kier molecular flexibility index (Phi) is 4.10. The minimum Gasteiger partial charge on any atom is -0.497 e. The molecule has 2 aromatic rings. The summed E-state index contributed by atoms with van der Waals surface area (Å²) in [7, 11) is 1.61. The molecule has 0 aliphatic carbocycles. The number of rotatable bonds is 3. The van der Waals surface area contributed by atoms with Crippen LogP contribution in [0.25, 0.3) is 6.08 Å². The standard InChI is InChI=1S/C18H17NO3/c1-21-17-8-4-5-14(11-17)13-22-18(20)19-10-9-15-6-2-3-7-16(15)12-19/h2-11H,12-13H2,1H3. The third kappa shape index (κ3) is 3.11. The van der Waals surface area contributed by atoms with Crippen molar-refractivity contribution >= 4 is 12.2 Å². The van der Waals surface area contributed by atoms with E-state index in [1.54, 1.807) is 18.2 Å². The number of carbonyl (C=O) groups excluding carboxylic acids is 1. The molecule has 1 aliphatic heterocycles. The second-order valence-electron chi connectivity index (χ2n) is 5.05. The molecule has 0 saturated carbocycles. The molecular formula is C18H17NO3. The Bertz CT molecular complexity index is 709. The number of carbonyl (C=O) groups is 1. The van der Waals surface area contributed by atoms with Gasteiger partial charge in [0.2, 0.25) is 0 Å². The molecule has 4 heteroatoms. The lowest BCUT2D eigenvalue weighted by atomic mass is 10.1. The van der Waals surface area contributed by atoms with E-state index in [0.717, 1.165) is 22.4 Å². The summed E-state index contributed by atoms with van der Waals surface area (Å²) in [6.45, 7) is 0.756. The molecular weight excluding hydrogens is 278 g/mol. The maximum absolute atomic E-state index is 12.2. The number of ether oxygens (including phenoxy) is 2. The Morgan fingerprint density at radius 1 is 1.18 bits per heavy atom. The van der Waals surface area contributed by atoms with Crippen LogP contribution in [0.1, 0.15) is 16.7 Å². The van der Waals surface area contributed by atoms with E-state index in [1.807, 2.05) is 54.6 Å². The third-order valence-electron chi connectivity index (χ3n) is 3.56. The normalized spacial score (nSPS) is 12.7. The molecule has 1 heterocycles. The molecule has 0 spiro atoms. The van der Waals surface area contributed by atoms with Gasteiger partial charge in [-0.15, -0.1) is 0 Å². The highest BCUT2D eigenvalue weighted by Crippen LogP contribution is 2.20. The van der Waals surface area contributed by atoms with Crippen LogP contribution in [0.2, 0.25) is 0 Å². The molecule has 1 aliphatic rings. The number of hydrogen-bond acceptors (Lipinski definition) is 3. The van der Waals surface area contributed by atoms with Gasteiger partial charge in [-0.3, -0.25) is 4.90 Å². The van der Waals surface area contributed by atoms with Crippen molar-refractivity contribution in [2.24, 2.45) is 0 Å². The fraction of sp³-hybridized carbons (Fsp3) is 0.167. The average molecular weight is 295 g/mol. The van der Waals surface area contributed by atoms with Crippen molar-refractivity contribution in [3.05, 3.63) is 71.4 Å². The van der Waals surface area contributed by atoms with Gasteiger partial charge in [-0.1, -0.05) is 36.4 Å². The highest BCUT2D eigenvalue weighted by molar-refractivity contribution is 5.72. The lowest BCUT2D eigenvalue weighted by Gasteiger charge is -2.23. The second-order valence-corrected chi connectivity index (χ2v) is 5.05. The third-order valence-corrected chi connectivity index (χ3v) is 3.56.